The Kier molecular flexibility index (Phi) is 4.85. The molecule has 4 heterocycles. The summed E-state index contributed by atoms with van der Waals surface area (Å²) in [6.45, 7) is 0.479. The van der Waals surface area contributed by atoms with Crippen LogP contribution < -0.4 is 4.90 Å². The molecule has 0 aliphatic carbocycles. The molecular weight excluding hydrogens is 422 g/mol. The number of anilines is 1. The van der Waals surface area contributed by atoms with Crippen LogP contribution in [0.3, 0.4) is 0 Å². The summed E-state index contributed by atoms with van der Waals surface area (Å²) in [6, 6.07) is 8.76. The minimum Gasteiger partial charge on any atom is -0.480 e. The number of halogens is 2. The minimum atomic E-state index is -1.04. The smallest absolute Gasteiger partial charge is 0.326 e. The number of carboxylic acids is 1. The van der Waals surface area contributed by atoms with Gasteiger partial charge in [0.2, 0.25) is 0 Å². The fraction of sp³-hybridized carbons (Fsp3) is 0.190. The van der Waals surface area contributed by atoms with Crippen LogP contribution in [0.2, 0.25) is 0 Å². The van der Waals surface area contributed by atoms with Gasteiger partial charge in [0.1, 0.15) is 29.5 Å². The summed E-state index contributed by atoms with van der Waals surface area (Å²) < 4.78 is 35.1. The van der Waals surface area contributed by atoms with Gasteiger partial charge in [-0.05, 0) is 18.6 Å². The van der Waals surface area contributed by atoms with Crippen molar-refractivity contribution in [2.45, 2.75) is 19.0 Å². The van der Waals surface area contributed by atoms with Crippen LogP contribution in [-0.2, 0) is 11.3 Å². The van der Waals surface area contributed by atoms with E-state index in [1.165, 1.54) is 21.9 Å². The molecule has 5 rings (SSSR count). The van der Waals surface area contributed by atoms with Gasteiger partial charge in [0, 0.05) is 18.2 Å². The van der Waals surface area contributed by atoms with E-state index in [1.54, 1.807) is 30.3 Å². The van der Waals surface area contributed by atoms with Crippen LogP contribution in [0.4, 0.5) is 14.6 Å². The second kappa shape index (κ2) is 7.84. The van der Waals surface area contributed by atoms with Gasteiger partial charge in [-0.15, -0.1) is 0 Å². The number of aliphatic carboxylic acids is 1. The molecule has 1 aromatic carbocycles. The second-order valence-corrected chi connectivity index (χ2v) is 7.25. The van der Waals surface area contributed by atoms with Crippen LogP contribution in [0.1, 0.15) is 12.0 Å². The normalized spacial score (nSPS) is 15.6. The average Bonchev–Trinajstić information content (AvgIpc) is 3.40. The Bertz CT molecular complexity index is 1290. The third kappa shape index (κ3) is 3.47. The van der Waals surface area contributed by atoms with Crippen molar-refractivity contribution in [1.29, 1.82) is 0 Å². The largest absolute Gasteiger partial charge is 0.480 e. The highest BCUT2D eigenvalue weighted by Gasteiger charge is 2.37. The SMILES string of the molecule is O=C(O)C1CCN1c1nc(-c2cc(-c3ccon3)n(Cc3ccccc3F)n2)ncc1F. The standard InChI is InChI=1S/C21H16F2N6O3/c22-13-4-2-1-3-12(13)11-29-18(15-6-8-32-27-15)9-16(26-29)19-24-10-14(23)20(25-19)28-7-5-17(28)21(30)31/h1-4,6,8-10,17H,5,7,11H2,(H,30,31). The van der Waals surface area contributed by atoms with Gasteiger partial charge in [-0.2, -0.15) is 5.10 Å². The molecule has 162 valence electrons. The van der Waals surface area contributed by atoms with Gasteiger partial charge in [0.15, 0.2) is 17.5 Å². The van der Waals surface area contributed by atoms with Crippen LogP contribution in [0.25, 0.3) is 22.9 Å². The molecule has 9 nitrogen and oxygen atoms in total. The number of aromatic nitrogens is 5. The van der Waals surface area contributed by atoms with Crippen molar-refractivity contribution in [3.8, 4) is 22.9 Å². The summed E-state index contributed by atoms with van der Waals surface area (Å²) in [4.78, 5) is 21.0. The molecule has 0 spiro atoms. The van der Waals surface area contributed by atoms with Crippen molar-refractivity contribution in [3.05, 3.63) is 66.1 Å². The highest BCUT2D eigenvalue weighted by molar-refractivity contribution is 5.80. The predicted molar refractivity (Wildman–Crippen MR) is 108 cm³/mol. The average molecular weight is 438 g/mol. The zero-order valence-electron chi connectivity index (χ0n) is 16.5. The number of hydrogen-bond donors (Lipinski definition) is 1. The van der Waals surface area contributed by atoms with Gasteiger partial charge >= 0.3 is 5.97 Å². The molecule has 0 saturated carbocycles. The lowest BCUT2D eigenvalue weighted by Crippen LogP contribution is -2.53. The number of rotatable bonds is 6. The number of benzene rings is 1. The molecule has 0 amide bonds. The molecule has 11 heteroatoms. The number of nitrogens with zero attached hydrogens (tertiary/aromatic N) is 6. The second-order valence-electron chi connectivity index (χ2n) is 7.25. The Labute approximate surface area is 179 Å². The minimum absolute atomic E-state index is 0.0970. The molecule has 3 aromatic heterocycles. The maximum absolute atomic E-state index is 14.4. The zero-order valence-corrected chi connectivity index (χ0v) is 16.5. The Morgan fingerprint density at radius 3 is 2.72 bits per heavy atom. The van der Waals surface area contributed by atoms with Crippen LogP contribution in [0.15, 0.2) is 53.4 Å². The Balaban J connectivity index is 1.55. The van der Waals surface area contributed by atoms with E-state index in [4.69, 9.17) is 4.52 Å². The quantitative estimate of drug-likeness (QED) is 0.489. The van der Waals surface area contributed by atoms with E-state index in [1.807, 2.05) is 0 Å². The van der Waals surface area contributed by atoms with Crippen molar-refractivity contribution in [2.24, 2.45) is 0 Å². The van der Waals surface area contributed by atoms with E-state index in [0.29, 0.717) is 35.6 Å². The van der Waals surface area contributed by atoms with Crippen LogP contribution >= 0.6 is 0 Å². The molecule has 0 radical (unpaired) electrons. The third-order valence-corrected chi connectivity index (χ3v) is 5.29. The van der Waals surface area contributed by atoms with Crippen LogP contribution in [-0.4, -0.2) is 48.6 Å². The van der Waals surface area contributed by atoms with Gasteiger partial charge in [-0.1, -0.05) is 23.4 Å². The lowest BCUT2D eigenvalue weighted by atomic mass is 10.0. The summed E-state index contributed by atoms with van der Waals surface area (Å²) in [5.74, 6) is -2.14. The zero-order chi connectivity index (χ0) is 22.2. The summed E-state index contributed by atoms with van der Waals surface area (Å²) in [6.07, 6.45) is 2.79. The van der Waals surface area contributed by atoms with E-state index < -0.39 is 17.8 Å². The molecule has 1 aliphatic rings. The predicted octanol–water partition coefficient (Wildman–Crippen LogP) is 2.98. The van der Waals surface area contributed by atoms with Gasteiger partial charge in [-0.3, -0.25) is 4.68 Å². The topological polar surface area (TPSA) is 110 Å². The van der Waals surface area contributed by atoms with Crippen molar-refractivity contribution in [1.82, 2.24) is 24.9 Å². The van der Waals surface area contributed by atoms with Crippen LogP contribution in [0.5, 0.6) is 0 Å². The molecule has 0 bridgehead atoms. The first kappa shape index (κ1) is 19.8. The Morgan fingerprint density at radius 2 is 2.03 bits per heavy atom. The van der Waals surface area contributed by atoms with E-state index in [2.05, 4.69) is 20.2 Å². The van der Waals surface area contributed by atoms with Crippen LogP contribution in [0, 0.1) is 11.6 Å². The number of hydrogen-bond acceptors (Lipinski definition) is 7. The Morgan fingerprint density at radius 1 is 1.19 bits per heavy atom. The van der Waals surface area contributed by atoms with E-state index in [0.717, 1.165) is 6.20 Å². The van der Waals surface area contributed by atoms with E-state index in [9.17, 15) is 18.7 Å². The Hall–Kier alpha value is -4.15. The highest BCUT2D eigenvalue weighted by atomic mass is 19.1. The lowest BCUT2D eigenvalue weighted by Gasteiger charge is -2.38. The van der Waals surface area contributed by atoms with E-state index >= 15 is 0 Å². The maximum atomic E-state index is 14.4. The molecule has 1 unspecified atom stereocenters. The van der Waals surface area contributed by atoms with E-state index in [-0.39, 0.29) is 24.0 Å². The van der Waals surface area contributed by atoms with Gasteiger partial charge in [0.05, 0.1) is 18.4 Å². The fourth-order valence-electron chi connectivity index (χ4n) is 3.57. The highest BCUT2D eigenvalue weighted by Crippen LogP contribution is 2.30. The first-order chi connectivity index (χ1) is 15.5. The van der Waals surface area contributed by atoms with Gasteiger partial charge < -0.3 is 14.5 Å². The molecular formula is C21H16F2N6O3. The fourth-order valence-corrected chi connectivity index (χ4v) is 3.57. The lowest BCUT2D eigenvalue weighted by molar-refractivity contribution is -0.140. The summed E-state index contributed by atoms with van der Waals surface area (Å²) in [7, 11) is 0. The van der Waals surface area contributed by atoms with Crippen molar-refractivity contribution in [2.75, 3.05) is 11.4 Å². The number of carbonyl (C=O) groups is 1. The monoisotopic (exact) mass is 438 g/mol. The molecule has 1 saturated heterocycles. The van der Waals surface area contributed by atoms with Crippen molar-refractivity contribution in [3.63, 3.8) is 0 Å². The van der Waals surface area contributed by atoms with Gasteiger partial charge in [-0.25, -0.2) is 23.5 Å². The molecule has 1 fully saturated rings. The summed E-state index contributed by atoms with van der Waals surface area (Å²) in [5, 5.41) is 17.7. The first-order valence-electron chi connectivity index (χ1n) is 9.75. The molecule has 32 heavy (non-hydrogen) atoms. The van der Waals surface area contributed by atoms with Gasteiger partial charge in [0.25, 0.3) is 0 Å². The molecule has 1 aliphatic heterocycles. The molecule has 1 atom stereocenters. The summed E-state index contributed by atoms with van der Waals surface area (Å²) in [5.41, 5.74) is 1.71. The maximum Gasteiger partial charge on any atom is 0.326 e. The summed E-state index contributed by atoms with van der Waals surface area (Å²) >= 11 is 0. The first-order valence-corrected chi connectivity index (χ1v) is 9.75. The molecule has 4 aromatic rings. The number of carboxylic acid groups (broad SMARTS) is 1. The van der Waals surface area contributed by atoms with Crippen molar-refractivity contribution >= 4 is 11.8 Å². The van der Waals surface area contributed by atoms with Crippen molar-refractivity contribution < 1.29 is 23.2 Å². The third-order valence-electron chi connectivity index (χ3n) is 5.29. The molecule has 1 N–H and O–H groups in total.